The van der Waals surface area contributed by atoms with Crippen LogP contribution in [0.15, 0.2) is 30.9 Å². The summed E-state index contributed by atoms with van der Waals surface area (Å²) in [6, 6.07) is 6.33. The van der Waals surface area contributed by atoms with Crippen molar-refractivity contribution in [2.45, 2.75) is 39.2 Å². The Morgan fingerprint density at radius 1 is 1.29 bits per heavy atom. The molecule has 1 aromatic heterocycles. The van der Waals surface area contributed by atoms with Crippen molar-refractivity contribution < 1.29 is 0 Å². The van der Waals surface area contributed by atoms with Crippen LogP contribution in [-0.2, 0) is 0 Å². The number of halogens is 1. The maximum absolute atomic E-state index is 6.18. The van der Waals surface area contributed by atoms with Crippen molar-refractivity contribution in [1.82, 2.24) is 14.8 Å². The first-order chi connectivity index (χ1) is 10.1. The number of anilines is 1. The van der Waals surface area contributed by atoms with Crippen LogP contribution in [0.25, 0.3) is 5.69 Å². The molecular formula is C16H21ClN4. The number of aromatic nitrogens is 3. The van der Waals surface area contributed by atoms with E-state index in [9.17, 15) is 0 Å². The Labute approximate surface area is 130 Å². The van der Waals surface area contributed by atoms with E-state index in [1.807, 2.05) is 18.2 Å². The molecule has 3 rings (SSSR count). The zero-order valence-electron chi connectivity index (χ0n) is 12.5. The lowest BCUT2D eigenvalue weighted by atomic mass is 9.80. The lowest BCUT2D eigenvalue weighted by molar-refractivity contribution is 0.280. The second kappa shape index (κ2) is 6.06. The molecule has 2 aromatic rings. The van der Waals surface area contributed by atoms with Gasteiger partial charge in [0.05, 0.1) is 11.4 Å². The van der Waals surface area contributed by atoms with E-state index in [1.54, 1.807) is 17.3 Å². The molecule has 0 aliphatic heterocycles. The van der Waals surface area contributed by atoms with E-state index in [0.717, 1.165) is 22.3 Å². The lowest BCUT2D eigenvalue weighted by Gasteiger charge is -2.34. The summed E-state index contributed by atoms with van der Waals surface area (Å²) in [6.45, 7) is 4.65. The Balaban J connectivity index is 1.89. The summed E-state index contributed by atoms with van der Waals surface area (Å²) in [6.07, 6.45) is 7.05. The van der Waals surface area contributed by atoms with Crippen LogP contribution < -0.4 is 5.32 Å². The second-order valence-corrected chi connectivity index (χ2v) is 6.58. The Bertz CT molecular complexity index is 596. The number of nitrogens with one attached hydrogen (secondary N) is 1. The van der Waals surface area contributed by atoms with Crippen molar-refractivity contribution in [3.8, 4) is 5.69 Å². The molecule has 3 atom stereocenters. The van der Waals surface area contributed by atoms with Crippen LogP contribution in [-0.4, -0.2) is 20.8 Å². The minimum Gasteiger partial charge on any atom is -0.380 e. The molecule has 3 unspecified atom stereocenters. The van der Waals surface area contributed by atoms with Gasteiger partial charge in [-0.05, 0) is 42.9 Å². The summed E-state index contributed by atoms with van der Waals surface area (Å²) >= 11 is 6.18. The summed E-state index contributed by atoms with van der Waals surface area (Å²) in [4.78, 5) is 4.03. The summed E-state index contributed by atoms with van der Waals surface area (Å²) in [5.74, 6) is 1.44. The molecule has 4 nitrogen and oxygen atoms in total. The molecule has 0 bridgehead atoms. The van der Waals surface area contributed by atoms with Crippen LogP contribution in [0, 0.1) is 11.8 Å². The molecule has 1 aliphatic carbocycles. The molecule has 1 heterocycles. The van der Waals surface area contributed by atoms with E-state index in [-0.39, 0.29) is 0 Å². The van der Waals surface area contributed by atoms with Crippen LogP contribution in [0.2, 0.25) is 5.02 Å². The van der Waals surface area contributed by atoms with Gasteiger partial charge in [0.15, 0.2) is 0 Å². The first-order valence-electron chi connectivity index (χ1n) is 7.54. The maximum atomic E-state index is 6.18. The quantitative estimate of drug-likeness (QED) is 0.926. The van der Waals surface area contributed by atoms with E-state index in [4.69, 9.17) is 11.6 Å². The lowest BCUT2D eigenvalue weighted by Crippen LogP contribution is -2.33. The molecule has 0 amide bonds. The zero-order chi connectivity index (χ0) is 14.8. The number of nitrogens with zero attached hydrogens (tertiary/aromatic N) is 3. The predicted octanol–water partition coefficient (Wildman–Crippen LogP) is 4.16. The Kier molecular flexibility index (Phi) is 4.15. The highest BCUT2D eigenvalue weighted by Gasteiger charge is 2.26. The molecule has 1 saturated carbocycles. The van der Waals surface area contributed by atoms with Gasteiger partial charge in [-0.15, -0.1) is 0 Å². The highest BCUT2D eigenvalue weighted by Crippen LogP contribution is 2.33. The fourth-order valence-corrected chi connectivity index (χ4v) is 3.26. The van der Waals surface area contributed by atoms with Gasteiger partial charge in [0.1, 0.15) is 12.7 Å². The third-order valence-corrected chi connectivity index (χ3v) is 4.66. The largest absolute Gasteiger partial charge is 0.380 e. The van der Waals surface area contributed by atoms with Gasteiger partial charge in [-0.2, -0.15) is 5.10 Å². The first-order valence-corrected chi connectivity index (χ1v) is 7.92. The fourth-order valence-electron chi connectivity index (χ4n) is 3.09. The van der Waals surface area contributed by atoms with E-state index < -0.39 is 0 Å². The van der Waals surface area contributed by atoms with E-state index in [0.29, 0.717) is 12.0 Å². The van der Waals surface area contributed by atoms with Crippen molar-refractivity contribution >= 4 is 17.3 Å². The van der Waals surface area contributed by atoms with Crippen LogP contribution >= 0.6 is 11.6 Å². The third-order valence-electron chi connectivity index (χ3n) is 4.42. The number of hydrogen-bond donors (Lipinski definition) is 1. The summed E-state index contributed by atoms with van der Waals surface area (Å²) in [5, 5.41) is 8.65. The smallest absolute Gasteiger partial charge is 0.138 e. The molecule has 1 N–H and O–H groups in total. The molecule has 0 saturated heterocycles. The van der Waals surface area contributed by atoms with Gasteiger partial charge < -0.3 is 5.32 Å². The van der Waals surface area contributed by atoms with Crippen LogP contribution in [0.3, 0.4) is 0 Å². The van der Waals surface area contributed by atoms with Gasteiger partial charge in [0.25, 0.3) is 0 Å². The van der Waals surface area contributed by atoms with Crippen molar-refractivity contribution in [3.05, 3.63) is 35.9 Å². The van der Waals surface area contributed by atoms with Gasteiger partial charge in [-0.25, -0.2) is 9.67 Å². The van der Waals surface area contributed by atoms with Crippen LogP contribution in [0.4, 0.5) is 5.69 Å². The average molecular weight is 305 g/mol. The van der Waals surface area contributed by atoms with E-state index in [1.165, 1.54) is 19.3 Å². The SMILES string of the molecule is CC1CCC(C)C(Nc2cc(Cl)ccc2-n2cncn2)C1. The maximum Gasteiger partial charge on any atom is 0.138 e. The Morgan fingerprint density at radius 2 is 2.14 bits per heavy atom. The second-order valence-electron chi connectivity index (χ2n) is 6.15. The van der Waals surface area contributed by atoms with Crippen LogP contribution in [0.1, 0.15) is 33.1 Å². The Morgan fingerprint density at radius 3 is 2.90 bits per heavy atom. The van der Waals surface area contributed by atoms with E-state index in [2.05, 4.69) is 29.2 Å². The average Bonchev–Trinajstić information content (AvgIpc) is 2.97. The standard InChI is InChI=1S/C16H21ClN4/c1-11-3-4-12(2)14(7-11)20-15-8-13(17)5-6-16(15)21-10-18-9-19-21/h5-6,8-12,14,20H,3-4,7H2,1-2H3. The molecule has 1 aromatic carbocycles. The fraction of sp³-hybridized carbons (Fsp3) is 0.500. The van der Waals surface area contributed by atoms with Crippen molar-refractivity contribution in [3.63, 3.8) is 0 Å². The minimum atomic E-state index is 0.481. The zero-order valence-corrected chi connectivity index (χ0v) is 13.2. The van der Waals surface area contributed by atoms with Gasteiger partial charge in [-0.1, -0.05) is 31.9 Å². The number of benzene rings is 1. The molecule has 0 radical (unpaired) electrons. The molecule has 5 heteroatoms. The highest BCUT2D eigenvalue weighted by molar-refractivity contribution is 6.31. The summed E-state index contributed by atoms with van der Waals surface area (Å²) in [7, 11) is 0. The molecule has 1 fully saturated rings. The topological polar surface area (TPSA) is 42.7 Å². The van der Waals surface area contributed by atoms with E-state index >= 15 is 0 Å². The first kappa shape index (κ1) is 14.4. The highest BCUT2D eigenvalue weighted by atomic mass is 35.5. The molecule has 21 heavy (non-hydrogen) atoms. The van der Waals surface area contributed by atoms with Gasteiger partial charge in [-0.3, -0.25) is 0 Å². The van der Waals surface area contributed by atoms with Crippen molar-refractivity contribution in [2.75, 3.05) is 5.32 Å². The van der Waals surface area contributed by atoms with Crippen molar-refractivity contribution in [1.29, 1.82) is 0 Å². The molecule has 1 aliphatic rings. The summed E-state index contributed by atoms with van der Waals surface area (Å²) in [5.41, 5.74) is 2.02. The van der Waals surface area contributed by atoms with Gasteiger partial charge in [0, 0.05) is 11.1 Å². The number of hydrogen-bond acceptors (Lipinski definition) is 3. The minimum absolute atomic E-state index is 0.481. The summed E-state index contributed by atoms with van der Waals surface area (Å²) < 4.78 is 1.77. The molecule has 0 spiro atoms. The van der Waals surface area contributed by atoms with Gasteiger partial charge >= 0.3 is 0 Å². The van der Waals surface area contributed by atoms with Crippen molar-refractivity contribution in [2.24, 2.45) is 11.8 Å². The number of rotatable bonds is 3. The third kappa shape index (κ3) is 3.21. The predicted molar refractivity (Wildman–Crippen MR) is 86.0 cm³/mol. The molecule has 112 valence electrons. The molecular weight excluding hydrogens is 284 g/mol. The normalized spacial score (nSPS) is 25.8. The monoisotopic (exact) mass is 304 g/mol. The Hall–Kier alpha value is -1.55. The van der Waals surface area contributed by atoms with Gasteiger partial charge in [0.2, 0.25) is 0 Å². The van der Waals surface area contributed by atoms with Crippen LogP contribution in [0.5, 0.6) is 0 Å².